The molecule has 3 heteroatoms. The van der Waals surface area contributed by atoms with Crippen LogP contribution in [0.3, 0.4) is 0 Å². The zero-order valence-electron chi connectivity index (χ0n) is 12.1. The third-order valence-electron chi connectivity index (χ3n) is 3.37. The first kappa shape index (κ1) is 15.6. The normalized spacial score (nSPS) is 11.9. The highest BCUT2D eigenvalue weighted by molar-refractivity contribution is 6.18. The molecular weight excluding hydrogens is 284 g/mol. The summed E-state index contributed by atoms with van der Waals surface area (Å²) in [5.74, 6) is 1.05. The second-order valence-corrected chi connectivity index (χ2v) is 5.12. The fourth-order valence-electron chi connectivity index (χ4n) is 2.39. The second kappa shape index (κ2) is 7.84. The third-order valence-corrected chi connectivity index (χ3v) is 3.52. The Morgan fingerprint density at radius 2 is 1.76 bits per heavy atom. The minimum atomic E-state index is -0.289. The van der Waals surface area contributed by atoms with Gasteiger partial charge in [-0.25, -0.2) is 0 Å². The Morgan fingerprint density at radius 3 is 2.43 bits per heavy atom. The quantitative estimate of drug-likeness (QED) is 0.708. The molecule has 0 spiro atoms. The van der Waals surface area contributed by atoms with Crippen LogP contribution in [0.15, 0.2) is 54.6 Å². The minimum absolute atomic E-state index is 0.183. The first-order valence-corrected chi connectivity index (χ1v) is 7.66. The number of Topliss-reactive ketones (excluding diaryl/α,β-unsaturated/α-hetero) is 1. The van der Waals surface area contributed by atoms with Crippen molar-refractivity contribution in [1.29, 1.82) is 0 Å². The van der Waals surface area contributed by atoms with E-state index in [4.69, 9.17) is 16.3 Å². The average Bonchev–Trinajstić information content (AvgIpc) is 2.55. The number of rotatable bonds is 7. The van der Waals surface area contributed by atoms with Crippen molar-refractivity contribution in [3.05, 3.63) is 65.7 Å². The van der Waals surface area contributed by atoms with Crippen LogP contribution in [0.2, 0.25) is 0 Å². The van der Waals surface area contributed by atoms with Crippen LogP contribution in [0.1, 0.15) is 30.4 Å². The van der Waals surface area contributed by atoms with Crippen molar-refractivity contribution in [3.8, 4) is 5.75 Å². The topological polar surface area (TPSA) is 26.3 Å². The predicted molar refractivity (Wildman–Crippen MR) is 86.2 cm³/mol. The van der Waals surface area contributed by atoms with Crippen LogP contribution in [-0.2, 0) is 4.79 Å². The van der Waals surface area contributed by atoms with E-state index < -0.39 is 0 Å². The summed E-state index contributed by atoms with van der Waals surface area (Å²) in [6.07, 6.45) is 0.489. The van der Waals surface area contributed by atoms with Gasteiger partial charge in [-0.1, -0.05) is 55.5 Å². The molecule has 0 amide bonds. The fourth-order valence-corrected chi connectivity index (χ4v) is 2.46. The number of carbonyl (C=O) groups excluding carboxylic acids is 1. The van der Waals surface area contributed by atoms with Crippen LogP contribution < -0.4 is 4.74 Å². The molecule has 0 radical (unpaired) electrons. The number of alkyl halides is 1. The van der Waals surface area contributed by atoms with Crippen molar-refractivity contribution in [3.63, 3.8) is 0 Å². The molecule has 0 aliphatic rings. The molecule has 0 saturated carbocycles. The molecule has 2 aromatic carbocycles. The van der Waals surface area contributed by atoms with Gasteiger partial charge in [-0.2, -0.15) is 0 Å². The predicted octanol–water partition coefficient (Wildman–Crippen LogP) is 4.42. The maximum absolute atomic E-state index is 12.5. The van der Waals surface area contributed by atoms with Crippen LogP contribution in [-0.4, -0.2) is 18.3 Å². The third kappa shape index (κ3) is 3.85. The van der Waals surface area contributed by atoms with Gasteiger partial charge in [0.2, 0.25) is 0 Å². The number of carbonyl (C=O) groups is 1. The Balaban J connectivity index is 2.45. The monoisotopic (exact) mass is 302 g/mol. The lowest BCUT2D eigenvalue weighted by molar-refractivity contribution is -0.119. The highest BCUT2D eigenvalue weighted by Crippen LogP contribution is 2.33. The Labute approximate surface area is 130 Å². The molecular formula is C18H19ClO2. The van der Waals surface area contributed by atoms with Crippen molar-refractivity contribution in [2.24, 2.45) is 0 Å². The molecule has 0 bridgehead atoms. The van der Waals surface area contributed by atoms with Gasteiger partial charge in [0.1, 0.15) is 18.1 Å². The largest absolute Gasteiger partial charge is 0.492 e. The van der Waals surface area contributed by atoms with Crippen molar-refractivity contribution in [2.75, 3.05) is 12.5 Å². The van der Waals surface area contributed by atoms with Gasteiger partial charge in [0, 0.05) is 12.0 Å². The molecule has 21 heavy (non-hydrogen) atoms. The van der Waals surface area contributed by atoms with E-state index in [1.165, 1.54) is 0 Å². The van der Waals surface area contributed by atoms with E-state index >= 15 is 0 Å². The van der Waals surface area contributed by atoms with Crippen molar-refractivity contribution in [2.45, 2.75) is 19.3 Å². The molecule has 0 aliphatic heterocycles. The first-order valence-electron chi connectivity index (χ1n) is 7.13. The number of para-hydroxylation sites is 1. The summed E-state index contributed by atoms with van der Waals surface area (Å²) in [7, 11) is 0. The van der Waals surface area contributed by atoms with Gasteiger partial charge in [-0.15, -0.1) is 11.6 Å². The standard InChI is InChI=1S/C18H19ClO2/c1-2-16(20)18(14-8-4-3-5-9-14)15-10-6-7-11-17(15)21-13-12-19/h3-11,18H,2,12-13H2,1H3. The highest BCUT2D eigenvalue weighted by Gasteiger charge is 2.24. The number of hydrogen-bond donors (Lipinski definition) is 0. The van der Waals surface area contributed by atoms with E-state index in [1.807, 2.05) is 61.5 Å². The molecule has 2 nitrogen and oxygen atoms in total. The summed E-state index contributed by atoms with van der Waals surface area (Å²) >= 11 is 5.70. The van der Waals surface area contributed by atoms with Crippen molar-refractivity contribution < 1.29 is 9.53 Å². The molecule has 0 aliphatic carbocycles. The van der Waals surface area contributed by atoms with Gasteiger partial charge in [-0.05, 0) is 11.6 Å². The first-order chi connectivity index (χ1) is 10.3. The molecule has 1 unspecified atom stereocenters. The number of ketones is 1. The molecule has 0 aromatic heterocycles. The van der Waals surface area contributed by atoms with Crippen LogP contribution in [0.25, 0.3) is 0 Å². The number of halogens is 1. The molecule has 0 heterocycles. The van der Waals surface area contributed by atoms with Gasteiger partial charge >= 0.3 is 0 Å². The molecule has 0 saturated heterocycles. The summed E-state index contributed by atoms with van der Waals surface area (Å²) in [5.41, 5.74) is 1.90. The smallest absolute Gasteiger partial charge is 0.144 e. The SMILES string of the molecule is CCC(=O)C(c1ccccc1)c1ccccc1OCCCl. The minimum Gasteiger partial charge on any atom is -0.492 e. The number of hydrogen-bond acceptors (Lipinski definition) is 2. The maximum atomic E-state index is 12.5. The van der Waals surface area contributed by atoms with E-state index in [1.54, 1.807) is 0 Å². The fraction of sp³-hybridized carbons (Fsp3) is 0.278. The molecule has 110 valence electrons. The lowest BCUT2D eigenvalue weighted by Crippen LogP contribution is -2.15. The van der Waals surface area contributed by atoms with Crippen LogP contribution in [0.5, 0.6) is 5.75 Å². The molecule has 2 rings (SSSR count). The van der Waals surface area contributed by atoms with Gasteiger partial charge in [-0.3, -0.25) is 4.79 Å². The number of benzene rings is 2. The van der Waals surface area contributed by atoms with Crippen LogP contribution >= 0.6 is 11.6 Å². The Hall–Kier alpha value is -1.80. The van der Waals surface area contributed by atoms with E-state index in [-0.39, 0.29) is 11.7 Å². The summed E-state index contributed by atoms with van der Waals surface area (Å²) in [4.78, 5) is 12.5. The Morgan fingerprint density at radius 1 is 1.10 bits per heavy atom. The molecule has 0 fully saturated rings. The summed E-state index contributed by atoms with van der Waals surface area (Å²) in [6.45, 7) is 2.32. The van der Waals surface area contributed by atoms with Gasteiger partial charge in [0.25, 0.3) is 0 Å². The second-order valence-electron chi connectivity index (χ2n) is 4.74. The molecule has 1 atom stereocenters. The summed E-state index contributed by atoms with van der Waals surface area (Å²) in [6, 6.07) is 17.5. The van der Waals surface area contributed by atoms with Gasteiger partial charge in [0.05, 0.1) is 11.8 Å². The lowest BCUT2D eigenvalue weighted by Gasteiger charge is -2.19. The molecule has 2 aromatic rings. The van der Waals surface area contributed by atoms with Crippen molar-refractivity contribution >= 4 is 17.4 Å². The van der Waals surface area contributed by atoms with E-state index in [0.29, 0.717) is 18.9 Å². The van der Waals surface area contributed by atoms with E-state index in [9.17, 15) is 4.79 Å². The summed E-state index contributed by atoms with van der Waals surface area (Å²) in [5, 5.41) is 0. The summed E-state index contributed by atoms with van der Waals surface area (Å²) < 4.78 is 5.70. The lowest BCUT2D eigenvalue weighted by atomic mass is 9.86. The van der Waals surface area contributed by atoms with E-state index in [2.05, 4.69) is 0 Å². The Bertz CT molecular complexity index is 581. The van der Waals surface area contributed by atoms with Crippen LogP contribution in [0, 0.1) is 0 Å². The van der Waals surface area contributed by atoms with Gasteiger partial charge < -0.3 is 4.74 Å². The number of ether oxygens (including phenoxy) is 1. The average molecular weight is 303 g/mol. The van der Waals surface area contributed by atoms with E-state index in [0.717, 1.165) is 16.9 Å². The van der Waals surface area contributed by atoms with Crippen LogP contribution in [0.4, 0.5) is 0 Å². The zero-order valence-corrected chi connectivity index (χ0v) is 12.8. The van der Waals surface area contributed by atoms with Crippen molar-refractivity contribution in [1.82, 2.24) is 0 Å². The van der Waals surface area contributed by atoms with Gasteiger partial charge in [0.15, 0.2) is 0 Å². The molecule has 0 N–H and O–H groups in total. The highest BCUT2D eigenvalue weighted by atomic mass is 35.5. The Kier molecular flexibility index (Phi) is 5.82. The maximum Gasteiger partial charge on any atom is 0.144 e. The zero-order chi connectivity index (χ0) is 15.1.